The molecule has 9 heteroatoms. The molecule has 0 saturated carbocycles. The number of esters is 1. The molecule has 1 aliphatic rings. The number of hydrogen-bond acceptors (Lipinski definition) is 6. The van der Waals surface area contributed by atoms with E-state index in [0.717, 1.165) is 5.56 Å². The van der Waals surface area contributed by atoms with Crippen molar-refractivity contribution in [3.8, 4) is 0 Å². The molecule has 9 nitrogen and oxygen atoms in total. The number of aryl methyl sites for hydroxylation is 1. The predicted octanol–water partition coefficient (Wildman–Crippen LogP) is 3.76. The zero-order valence-corrected chi connectivity index (χ0v) is 18.7. The highest BCUT2D eigenvalue weighted by Crippen LogP contribution is 2.31. The highest BCUT2D eigenvalue weighted by atomic mass is 16.5. The van der Waals surface area contributed by atoms with E-state index in [9.17, 15) is 19.2 Å². The van der Waals surface area contributed by atoms with Gasteiger partial charge in [0.1, 0.15) is 0 Å². The van der Waals surface area contributed by atoms with E-state index in [1.54, 1.807) is 56.3 Å². The van der Waals surface area contributed by atoms with E-state index in [1.807, 2.05) is 0 Å². The van der Waals surface area contributed by atoms with Gasteiger partial charge in [-0.3, -0.25) is 14.4 Å². The van der Waals surface area contributed by atoms with Gasteiger partial charge in [0.25, 0.3) is 11.8 Å². The second-order valence-corrected chi connectivity index (χ2v) is 7.92. The van der Waals surface area contributed by atoms with E-state index in [4.69, 9.17) is 9.15 Å². The number of rotatable bonds is 5. The van der Waals surface area contributed by atoms with E-state index in [-0.39, 0.29) is 23.7 Å². The molecule has 3 aromatic rings. The predicted molar refractivity (Wildman–Crippen MR) is 125 cm³/mol. The zero-order chi connectivity index (χ0) is 24.2. The summed E-state index contributed by atoms with van der Waals surface area (Å²) in [6.45, 7) is 3.03. The first-order valence-electron chi connectivity index (χ1n) is 10.7. The minimum Gasteiger partial charge on any atom is -0.459 e. The number of furan rings is 1. The fraction of sp³-hybridized carbons (Fsp3) is 0.200. The van der Waals surface area contributed by atoms with Gasteiger partial charge in [0, 0.05) is 18.2 Å². The van der Waals surface area contributed by atoms with Crippen molar-refractivity contribution in [3.63, 3.8) is 0 Å². The van der Waals surface area contributed by atoms with Gasteiger partial charge in [0.2, 0.25) is 5.91 Å². The summed E-state index contributed by atoms with van der Waals surface area (Å²) in [5.74, 6) is -1.69. The first-order chi connectivity index (χ1) is 16.3. The second kappa shape index (κ2) is 9.62. The smallest absolute Gasteiger partial charge is 0.338 e. The molecule has 0 fully saturated rings. The van der Waals surface area contributed by atoms with E-state index in [2.05, 4.69) is 10.6 Å². The molecule has 2 aromatic carbocycles. The number of carbonyl (C=O) groups is 4. The van der Waals surface area contributed by atoms with Crippen molar-refractivity contribution in [2.24, 2.45) is 0 Å². The van der Waals surface area contributed by atoms with Gasteiger partial charge < -0.3 is 24.7 Å². The lowest BCUT2D eigenvalue weighted by Gasteiger charge is -2.27. The van der Waals surface area contributed by atoms with Gasteiger partial charge in [-0.15, -0.1) is 0 Å². The van der Waals surface area contributed by atoms with Crippen LogP contribution in [-0.4, -0.2) is 36.3 Å². The van der Waals surface area contributed by atoms with Crippen LogP contribution in [0.3, 0.4) is 0 Å². The molecule has 2 heterocycles. The normalized spacial score (nSPS) is 15.1. The molecular formula is C25H23N3O6. The summed E-state index contributed by atoms with van der Waals surface area (Å²) in [6.07, 6.45) is 1.51. The monoisotopic (exact) mass is 461 g/mol. The average molecular weight is 461 g/mol. The number of para-hydroxylation sites is 2. The quantitative estimate of drug-likeness (QED) is 0.559. The Hall–Kier alpha value is -4.40. The third-order valence-electron chi connectivity index (χ3n) is 5.42. The van der Waals surface area contributed by atoms with E-state index in [1.165, 1.54) is 23.3 Å². The molecule has 1 aliphatic heterocycles. The summed E-state index contributed by atoms with van der Waals surface area (Å²) < 4.78 is 10.4. The standard InChI is InChI=1S/C25H23N3O6/c1-15-9-10-17(13-19(15)27-24(31)21-8-5-11-33-21)25(32)34-14-23(30)28-16(2)12-22(29)26-18-6-3-4-7-20(18)28/h3-11,13,16H,12,14H2,1-2H3,(H,26,29)(H,27,31). The maximum atomic E-state index is 13.0. The van der Waals surface area contributed by atoms with Crippen molar-refractivity contribution >= 4 is 40.8 Å². The third-order valence-corrected chi connectivity index (χ3v) is 5.42. The number of fused-ring (bicyclic) bond motifs is 1. The molecule has 34 heavy (non-hydrogen) atoms. The first-order valence-corrected chi connectivity index (χ1v) is 10.7. The summed E-state index contributed by atoms with van der Waals surface area (Å²) in [7, 11) is 0. The van der Waals surface area contributed by atoms with E-state index >= 15 is 0 Å². The van der Waals surface area contributed by atoms with Crippen LogP contribution in [0, 0.1) is 6.92 Å². The number of hydrogen-bond donors (Lipinski definition) is 2. The van der Waals surface area contributed by atoms with Crippen LogP contribution in [-0.2, 0) is 14.3 Å². The van der Waals surface area contributed by atoms with Gasteiger partial charge in [-0.25, -0.2) is 4.79 Å². The van der Waals surface area contributed by atoms with Crippen molar-refractivity contribution in [1.82, 2.24) is 0 Å². The number of ether oxygens (including phenoxy) is 1. The summed E-state index contributed by atoms with van der Waals surface area (Å²) in [5, 5.41) is 5.48. The van der Waals surface area contributed by atoms with Crippen LogP contribution in [0.5, 0.6) is 0 Å². The Morgan fingerprint density at radius 3 is 2.71 bits per heavy atom. The Bertz CT molecular complexity index is 1250. The van der Waals surface area contributed by atoms with Gasteiger partial charge >= 0.3 is 5.97 Å². The molecule has 2 N–H and O–H groups in total. The number of anilines is 3. The molecule has 0 bridgehead atoms. The Balaban J connectivity index is 1.46. The van der Waals surface area contributed by atoms with Crippen LogP contribution in [0.15, 0.2) is 65.3 Å². The van der Waals surface area contributed by atoms with Crippen molar-refractivity contribution in [2.45, 2.75) is 26.3 Å². The number of benzene rings is 2. The van der Waals surface area contributed by atoms with Gasteiger partial charge in [0.15, 0.2) is 12.4 Å². The Kier molecular flexibility index (Phi) is 6.44. The van der Waals surface area contributed by atoms with Crippen molar-refractivity contribution in [1.29, 1.82) is 0 Å². The lowest BCUT2D eigenvalue weighted by atomic mass is 10.1. The van der Waals surface area contributed by atoms with Gasteiger partial charge in [0.05, 0.1) is 23.2 Å². The molecule has 0 aliphatic carbocycles. The van der Waals surface area contributed by atoms with Crippen LogP contribution >= 0.6 is 0 Å². The summed E-state index contributed by atoms with van der Waals surface area (Å²) in [4.78, 5) is 51.5. The minimum atomic E-state index is -0.716. The molecule has 174 valence electrons. The Morgan fingerprint density at radius 1 is 1.15 bits per heavy atom. The molecule has 3 amide bonds. The minimum absolute atomic E-state index is 0.116. The maximum Gasteiger partial charge on any atom is 0.338 e. The third kappa shape index (κ3) is 4.83. The van der Waals surface area contributed by atoms with Crippen LogP contribution in [0.25, 0.3) is 0 Å². The molecule has 0 spiro atoms. The zero-order valence-electron chi connectivity index (χ0n) is 18.7. The first kappa shape index (κ1) is 22.8. The van der Waals surface area contributed by atoms with Crippen LogP contribution in [0.4, 0.5) is 17.1 Å². The highest BCUT2D eigenvalue weighted by molar-refractivity contribution is 6.06. The summed E-state index contributed by atoms with van der Waals surface area (Å²) >= 11 is 0. The summed E-state index contributed by atoms with van der Waals surface area (Å²) in [5.41, 5.74) is 2.39. The van der Waals surface area contributed by atoms with E-state index in [0.29, 0.717) is 17.1 Å². The lowest BCUT2D eigenvalue weighted by molar-refractivity contribution is -0.122. The molecule has 1 atom stereocenters. The van der Waals surface area contributed by atoms with Gasteiger partial charge in [-0.05, 0) is 55.8 Å². The fourth-order valence-corrected chi connectivity index (χ4v) is 3.72. The largest absolute Gasteiger partial charge is 0.459 e. The molecular weight excluding hydrogens is 438 g/mol. The average Bonchev–Trinajstić information content (AvgIpc) is 3.31. The van der Waals surface area contributed by atoms with Crippen LogP contribution < -0.4 is 15.5 Å². The van der Waals surface area contributed by atoms with E-state index < -0.39 is 30.4 Å². The number of nitrogens with one attached hydrogen (secondary N) is 2. The van der Waals surface area contributed by atoms with Crippen LogP contribution in [0.1, 0.15) is 39.8 Å². The van der Waals surface area contributed by atoms with Gasteiger partial charge in [-0.1, -0.05) is 18.2 Å². The molecule has 4 rings (SSSR count). The number of amides is 3. The number of carbonyl (C=O) groups excluding carboxylic acids is 4. The maximum absolute atomic E-state index is 13.0. The molecule has 1 aromatic heterocycles. The van der Waals surface area contributed by atoms with Crippen molar-refractivity contribution in [3.05, 3.63) is 77.7 Å². The van der Waals surface area contributed by atoms with Crippen molar-refractivity contribution < 1.29 is 28.3 Å². The van der Waals surface area contributed by atoms with Gasteiger partial charge in [-0.2, -0.15) is 0 Å². The number of nitrogens with zero attached hydrogens (tertiary/aromatic N) is 1. The highest BCUT2D eigenvalue weighted by Gasteiger charge is 2.30. The van der Waals surface area contributed by atoms with Crippen molar-refractivity contribution in [2.75, 3.05) is 22.1 Å². The fourth-order valence-electron chi connectivity index (χ4n) is 3.72. The Morgan fingerprint density at radius 2 is 1.94 bits per heavy atom. The SMILES string of the molecule is Cc1ccc(C(=O)OCC(=O)N2c3ccccc3NC(=O)CC2C)cc1NC(=O)c1ccco1. The topological polar surface area (TPSA) is 118 Å². The molecule has 0 radical (unpaired) electrons. The summed E-state index contributed by atoms with van der Waals surface area (Å²) in [6, 6.07) is 14.4. The van der Waals surface area contributed by atoms with Crippen LogP contribution in [0.2, 0.25) is 0 Å². The lowest BCUT2D eigenvalue weighted by Crippen LogP contribution is -2.41. The molecule has 0 saturated heterocycles. The second-order valence-electron chi connectivity index (χ2n) is 7.92. The molecule has 1 unspecified atom stereocenters. The Labute approximate surface area is 195 Å².